The molecule has 0 fully saturated rings. The van der Waals surface area contributed by atoms with Gasteiger partial charge in [-0.25, -0.2) is 0 Å². The topological polar surface area (TPSA) is 73.5 Å². The molecule has 1 atom stereocenters. The average molecular weight is 154 g/mol. The Morgan fingerprint density at radius 3 is 2.73 bits per heavy atom. The maximum absolute atomic E-state index is 10.1. The average Bonchev–Trinajstić information content (AvgIpc) is 2.00. The fourth-order valence-electron chi connectivity index (χ4n) is 0.521. The van der Waals surface area contributed by atoms with Crippen molar-refractivity contribution in [1.29, 1.82) is 5.26 Å². The van der Waals surface area contributed by atoms with Crippen molar-refractivity contribution in [2.75, 3.05) is 0 Å². The van der Waals surface area contributed by atoms with E-state index in [1.807, 2.05) is 6.07 Å². The normalized spacial score (nSPS) is 14.5. The van der Waals surface area contributed by atoms with Gasteiger partial charge in [0.2, 0.25) is 0 Å². The number of hydrogen-bond acceptors (Lipinski definition) is 3. The Morgan fingerprint density at radius 1 is 1.91 bits per heavy atom. The number of aliphatic carboxylic acids is 1. The van der Waals surface area contributed by atoms with Crippen molar-refractivity contribution in [1.82, 2.24) is 0 Å². The summed E-state index contributed by atoms with van der Waals surface area (Å²) < 4.78 is 0. The Hall–Kier alpha value is -1.37. The molecule has 0 rings (SSSR count). The molecule has 0 heterocycles. The van der Waals surface area contributed by atoms with Gasteiger partial charge in [-0.15, -0.1) is 0 Å². The minimum absolute atomic E-state index is 0.0525. The summed E-state index contributed by atoms with van der Waals surface area (Å²) in [4.78, 5) is 13.6. The van der Waals surface area contributed by atoms with Crippen LogP contribution >= 0.6 is 0 Å². The molecular formula is C7H10N2O2. The van der Waals surface area contributed by atoms with Gasteiger partial charge in [0.15, 0.2) is 0 Å². The minimum atomic E-state index is -0.946. The van der Waals surface area contributed by atoms with E-state index >= 15 is 0 Å². The highest BCUT2D eigenvalue weighted by Gasteiger charge is 2.21. The highest BCUT2D eigenvalue weighted by Crippen LogP contribution is 2.15. The van der Waals surface area contributed by atoms with Gasteiger partial charge in [-0.05, 0) is 20.1 Å². The first-order valence-corrected chi connectivity index (χ1v) is 3.15. The molecule has 4 nitrogen and oxygen atoms in total. The van der Waals surface area contributed by atoms with Crippen LogP contribution < -0.4 is 0 Å². The Kier molecular flexibility index (Phi) is 3.25. The van der Waals surface area contributed by atoms with Crippen LogP contribution in [0.5, 0.6) is 0 Å². The number of hydrogen-bond donors (Lipinski definition) is 1. The SMILES string of the molecule is C=NC(C)(C#N)CCC(=O)O. The first-order valence-electron chi connectivity index (χ1n) is 3.15. The number of nitrogens with zero attached hydrogens (tertiary/aromatic N) is 2. The number of carboxylic acids is 1. The summed E-state index contributed by atoms with van der Waals surface area (Å²) in [6, 6.07) is 1.89. The molecule has 0 bridgehead atoms. The van der Waals surface area contributed by atoms with Crippen molar-refractivity contribution in [2.24, 2.45) is 4.99 Å². The van der Waals surface area contributed by atoms with Crippen LogP contribution in [-0.4, -0.2) is 23.3 Å². The van der Waals surface area contributed by atoms with E-state index < -0.39 is 11.5 Å². The molecule has 0 saturated heterocycles. The van der Waals surface area contributed by atoms with Crippen LogP contribution in [0, 0.1) is 11.3 Å². The monoisotopic (exact) mass is 154 g/mol. The van der Waals surface area contributed by atoms with Gasteiger partial charge in [-0.3, -0.25) is 9.79 Å². The predicted octanol–water partition coefficient (Wildman–Crippen LogP) is 0.834. The molecule has 0 aliphatic heterocycles. The fraction of sp³-hybridized carbons (Fsp3) is 0.571. The molecule has 4 heteroatoms. The van der Waals surface area contributed by atoms with E-state index in [0.717, 1.165) is 0 Å². The van der Waals surface area contributed by atoms with E-state index in [0.29, 0.717) is 0 Å². The quantitative estimate of drug-likeness (QED) is 0.609. The van der Waals surface area contributed by atoms with E-state index in [1.54, 1.807) is 6.92 Å². The molecule has 0 amide bonds. The number of nitriles is 1. The lowest BCUT2D eigenvalue weighted by Crippen LogP contribution is -2.19. The maximum Gasteiger partial charge on any atom is 0.303 e. The molecule has 0 spiro atoms. The Morgan fingerprint density at radius 2 is 2.45 bits per heavy atom. The first kappa shape index (κ1) is 9.63. The van der Waals surface area contributed by atoms with Crippen LogP contribution in [-0.2, 0) is 4.79 Å². The zero-order chi connectivity index (χ0) is 8.91. The standard InChI is InChI=1S/C7H10N2O2/c1-7(5-8,9-2)4-3-6(10)11/h2-4H2,1H3,(H,10,11). The minimum Gasteiger partial charge on any atom is -0.481 e. The molecule has 0 aromatic heterocycles. The van der Waals surface area contributed by atoms with Gasteiger partial charge in [0.05, 0.1) is 6.07 Å². The lowest BCUT2D eigenvalue weighted by Gasteiger charge is -2.12. The van der Waals surface area contributed by atoms with Crippen LogP contribution in [0.4, 0.5) is 0 Å². The van der Waals surface area contributed by atoms with Crippen LogP contribution in [0.15, 0.2) is 4.99 Å². The highest BCUT2D eigenvalue weighted by atomic mass is 16.4. The molecule has 0 radical (unpaired) electrons. The van der Waals surface area contributed by atoms with Gasteiger partial charge in [0.1, 0.15) is 5.54 Å². The van der Waals surface area contributed by atoms with Crippen LogP contribution in [0.2, 0.25) is 0 Å². The van der Waals surface area contributed by atoms with E-state index in [4.69, 9.17) is 10.4 Å². The Bertz CT molecular complexity index is 207. The summed E-state index contributed by atoms with van der Waals surface area (Å²) in [5.74, 6) is -0.921. The molecule has 60 valence electrons. The summed E-state index contributed by atoms with van der Waals surface area (Å²) in [6.07, 6.45) is 0.158. The number of aliphatic imine (C=N–C) groups is 1. The summed E-state index contributed by atoms with van der Waals surface area (Å²) in [5.41, 5.74) is -0.946. The molecule has 1 unspecified atom stereocenters. The third-order valence-corrected chi connectivity index (χ3v) is 1.42. The fourth-order valence-corrected chi connectivity index (χ4v) is 0.521. The van der Waals surface area contributed by atoms with Gasteiger partial charge in [0, 0.05) is 6.42 Å². The molecular weight excluding hydrogens is 144 g/mol. The van der Waals surface area contributed by atoms with E-state index in [-0.39, 0.29) is 12.8 Å². The van der Waals surface area contributed by atoms with E-state index in [1.165, 1.54) is 0 Å². The predicted molar refractivity (Wildman–Crippen MR) is 40.4 cm³/mol. The van der Waals surface area contributed by atoms with Crippen molar-refractivity contribution < 1.29 is 9.90 Å². The summed E-state index contributed by atoms with van der Waals surface area (Å²) in [7, 11) is 0. The van der Waals surface area contributed by atoms with Crippen molar-refractivity contribution in [3.8, 4) is 6.07 Å². The van der Waals surface area contributed by atoms with Gasteiger partial charge < -0.3 is 5.11 Å². The second-order valence-corrected chi connectivity index (χ2v) is 2.44. The second kappa shape index (κ2) is 3.71. The van der Waals surface area contributed by atoms with Crippen molar-refractivity contribution in [3.63, 3.8) is 0 Å². The summed E-state index contributed by atoms with van der Waals surface area (Å²) >= 11 is 0. The number of carbonyl (C=O) groups is 1. The molecule has 1 N–H and O–H groups in total. The number of carboxylic acid groups (broad SMARTS) is 1. The summed E-state index contributed by atoms with van der Waals surface area (Å²) in [6.45, 7) is 4.77. The molecule has 0 aliphatic rings. The van der Waals surface area contributed by atoms with Crippen molar-refractivity contribution in [3.05, 3.63) is 0 Å². The Balaban J connectivity index is 4.01. The molecule has 0 saturated carbocycles. The Labute approximate surface area is 65.2 Å². The maximum atomic E-state index is 10.1. The number of rotatable bonds is 4. The van der Waals surface area contributed by atoms with Crippen molar-refractivity contribution in [2.45, 2.75) is 25.3 Å². The third kappa shape index (κ3) is 3.36. The van der Waals surface area contributed by atoms with Gasteiger partial charge in [0.25, 0.3) is 0 Å². The zero-order valence-corrected chi connectivity index (χ0v) is 6.37. The largest absolute Gasteiger partial charge is 0.481 e. The van der Waals surface area contributed by atoms with Crippen LogP contribution in [0.25, 0.3) is 0 Å². The highest BCUT2D eigenvalue weighted by molar-refractivity contribution is 5.66. The van der Waals surface area contributed by atoms with Gasteiger partial charge >= 0.3 is 5.97 Å². The molecule has 11 heavy (non-hydrogen) atoms. The lowest BCUT2D eigenvalue weighted by molar-refractivity contribution is -0.137. The first-order chi connectivity index (χ1) is 5.04. The molecule has 0 aliphatic carbocycles. The van der Waals surface area contributed by atoms with Crippen molar-refractivity contribution >= 4 is 12.7 Å². The van der Waals surface area contributed by atoms with E-state index in [2.05, 4.69) is 11.7 Å². The van der Waals surface area contributed by atoms with Gasteiger partial charge in [-0.1, -0.05) is 0 Å². The molecule has 0 aromatic carbocycles. The zero-order valence-electron chi connectivity index (χ0n) is 6.37. The lowest BCUT2D eigenvalue weighted by atomic mass is 9.99. The molecule has 0 aromatic rings. The third-order valence-electron chi connectivity index (χ3n) is 1.42. The van der Waals surface area contributed by atoms with E-state index in [9.17, 15) is 4.79 Å². The second-order valence-electron chi connectivity index (χ2n) is 2.44. The van der Waals surface area contributed by atoms with Crippen LogP contribution in [0.1, 0.15) is 19.8 Å². The smallest absolute Gasteiger partial charge is 0.303 e. The summed E-state index contributed by atoms with van der Waals surface area (Å²) in [5, 5.41) is 16.8. The van der Waals surface area contributed by atoms with Crippen LogP contribution in [0.3, 0.4) is 0 Å². The van der Waals surface area contributed by atoms with Gasteiger partial charge in [-0.2, -0.15) is 5.26 Å².